The molecule has 4 nitrogen and oxygen atoms in total. The number of amides is 1. The number of hydrogen-bond acceptors (Lipinski definition) is 3. The Balaban J connectivity index is 1.43. The second-order valence-electron chi connectivity index (χ2n) is 8.92. The van der Waals surface area contributed by atoms with Gasteiger partial charge in [-0.05, 0) is 48.9 Å². The minimum Gasteiger partial charge on any atom is -0.438 e. The summed E-state index contributed by atoms with van der Waals surface area (Å²) in [5, 5.41) is 0. The Morgan fingerprint density at radius 1 is 1.14 bits per heavy atom. The van der Waals surface area contributed by atoms with Gasteiger partial charge in [-0.1, -0.05) is 58.4 Å². The third-order valence-corrected chi connectivity index (χ3v) is 7.01. The predicted octanol–water partition coefficient (Wildman–Crippen LogP) is 5.82. The van der Waals surface area contributed by atoms with Crippen LogP contribution in [0.2, 0.25) is 0 Å². The molecule has 3 atom stereocenters. The molecule has 3 aliphatic rings. The van der Waals surface area contributed by atoms with Gasteiger partial charge >= 0.3 is 6.09 Å². The number of hydrogen-bond donors (Lipinski definition) is 0. The Bertz CT molecular complexity index is 892. The van der Waals surface area contributed by atoms with Crippen molar-refractivity contribution in [3.05, 3.63) is 70.2 Å². The first-order chi connectivity index (χ1) is 14.0. The van der Waals surface area contributed by atoms with Crippen LogP contribution in [0, 0.1) is 5.92 Å². The summed E-state index contributed by atoms with van der Waals surface area (Å²) in [6.45, 7) is 3.53. The molecular weight excluding hydrogens is 430 g/mol. The quantitative estimate of drug-likeness (QED) is 0.515. The highest BCUT2D eigenvalue weighted by Gasteiger charge is 2.53. The molecular formula is C24H26BrNO3. The summed E-state index contributed by atoms with van der Waals surface area (Å²) in [5.74, 6) is 0.525. The van der Waals surface area contributed by atoms with Crippen LogP contribution in [0.1, 0.15) is 49.8 Å². The van der Waals surface area contributed by atoms with E-state index in [2.05, 4.69) is 59.3 Å². The predicted molar refractivity (Wildman–Crippen MR) is 115 cm³/mol. The highest BCUT2D eigenvalue weighted by Crippen LogP contribution is 2.50. The zero-order chi connectivity index (χ0) is 20.1. The number of carbonyl (C=O) groups excluding carboxylic acids is 1. The number of cyclic esters (lactones) is 1. The van der Waals surface area contributed by atoms with Crippen LogP contribution in [0.4, 0.5) is 4.79 Å². The lowest BCUT2D eigenvalue weighted by Gasteiger charge is -2.45. The molecule has 1 saturated carbocycles. The molecule has 0 spiro atoms. The molecule has 2 aliphatic heterocycles. The fourth-order valence-electron chi connectivity index (χ4n) is 4.70. The van der Waals surface area contributed by atoms with Crippen molar-refractivity contribution in [2.45, 2.75) is 49.9 Å². The Hall–Kier alpha value is -1.85. The lowest BCUT2D eigenvalue weighted by molar-refractivity contribution is -0.0780. The maximum Gasteiger partial charge on any atom is 0.411 e. The van der Waals surface area contributed by atoms with Gasteiger partial charge in [0, 0.05) is 23.9 Å². The van der Waals surface area contributed by atoms with Gasteiger partial charge in [-0.25, -0.2) is 4.79 Å². The molecule has 0 bridgehead atoms. The van der Waals surface area contributed by atoms with Crippen molar-refractivity contribution in [1.82, 2.24) is 4.90 Å². The van der Waals surface area contributed by atoms with Crippen molar-refractivity contribution in [3.8, 4) is 0 Å². The van der Waals surface area contributed by atoms with Crippen molar-refractivity contribution < 1.29 is 14.3 Å². The number of rotatable bonds is 6. The van der Waals surface area contributed by atoms with E-state index in [0.717, 1.165) is 23.1 Å². The molecule has 2 saturated heterocycles. The molecule has 3 fully saturated rings. The van der Waals surface area contributed by atoms with E-state index in [1.165, 1.54) is 18.4 Å². The summed E-state index contributed by atoms with van der Waals surface area (Å²) in [7, 11) is 0. The molecule has 0 N–H and O–H groups in total. The Morgan fingerprint density at radius 3 is 2.41 bits per heavy atom. The molecule has 1 aliphatic carbocycles. The fraction of sp³-hybridized carbons (Fsp3) is 0.458. The average molecular weight is 456 g/mol. The molecule has 5 rings (SSSR count). The van der Waals surface area contributed by atoms with Gasteiger partial charge in [-0.15, -0.1) is 0 Å². The first kappa shape index (κ1) is 19.1. The lowest BCUT2D eigenvalue weighted by Crippen LogP contribution is -2.51. The summed E-state index contributed by atoms with van der Waals surface area (Å²) in [5.41, 5.74) is 1.45. The largest absolute Gasteiger partial charge is 0.438 e. The molecule has 2 heterocycles. The zero-order valence-corrected chi connectivity index (χ0v) is 18.2. The lowest BCUT2D eigenvalue weighted by atomic mass is 9.81. The van der Waals surface area contributed by atoms with Crippen LogP contribution in [0.3, 0.4) is 0 Å². The van der Waals surface area contributed by atoms with Crippen molar-refractivity contribution in [1.29, 1.82) is 0 Å². The van der Waals surface area contributed by atoms with Crippen LogP contribution in [-0.4, -0.2) is 29.7 Å². The summed E-state index contributed by atoms with van der Waals surface area (Å²) >= 11 is 3.51. The van der Waals surface area contributed by atoms with Crippen LogP contribution < -0.4 is 0 Å². The SMILES string of the molecule is CC1(CC2(c3ccccc3)CCN(C(c3ccc(Br)cc3)C3CC3)C(=O)O2)CO1. The molecule has 152 valence electrons. The van der Waals surface area contributed by atoms with Gasteiger partial charge in [0.2, 0.25) is 0 Å². The minimum atomic E-state index is -0.617. The number of carbonyl (C=O) groups is 1. The van der Waals surface area contributed by atoms with Crippen molar-refractivity contribution >= 4 is 22.0 Å². The Kier molecular flexibility index (Phi) is 4.71. The summed E-state index contributed by atoms with van der Waals surface area (Å²) < 4.78 is 13.0. The molecule has 29 heavy (non-hydrogen) atoms. The third-order valence-electron chi connectivity index (χ3n) is 6.49. The molecule has 0 radical (unpaired) electrons. The minimum absolute atomic E-state index is 0.0946. The highest BCUT2D eigenvalue weighted by atomic mass is 79.9. The van der Waals surface area contributed by atoms with Gasteiger partial charge in [-0.2, -0.15) is 0 Å². The van der Waals surface area contributed by atoms with Gasteiger partial charge in [0.25, 0.3) is 0 Å². The van der Waals surface area contributed by atoms with Gasteiger partial charge < -0.3 is 14.4 Å². The molecule has 2 aromatic rings. The second kappa shape index (κ2) is 7.13. The first-order valence-corrected chi connectivity index (χ1v) is 11.2. The van der Waals surface area contributed by atoms with E-state index in [1.54, 1.807) is 0 Å². The average Bonchev–Trinajstić information content (AvgIpc) is 3.65. The topological polar surface area (TPSA) is 42.1 Å². The Labute approximate surface area is 180 Å². The van der Waals surface area contributed by atoms with E-state index in [0.29, 0.717) is 18.9 Å². The maximum absolute atomic E-state index is 13.4. The van der Waals surface area contributed by atoms with E-state index in [4.69, 9.17) is 9.47 Å². The van der Waals surface area contributed by atoms with Crippen molar-refractivity contribution in [3.63, 3.8) is 0 Å². The van der Waals surface area contributed by atoms with E-state index in [9.17, 15) is 4.79 Å². The van der Waals surface area contributed by atoms with Crippen LogP contribution in [0.5, 0.6) is 0 Å². The first-order valence-electron chi connectivity index (χ1n) is 10.4. The van der Waals surface area contributed by atoms with Crippen LogP contribution in [0.25, 0.3) is 0 Å². The summed E-state index contributed by atoms with van der Waals surface area (Å²) in [6, 6.07) is 18.6. The van der Waals surface area contributed by atoms with E-state index < -0.39 is 5.60 Å². The molecule has 5 heteroatoms. The summed E-state index contributed by atoms with van der Waals surface area (Å²) in [6.07, 6.45) is 3.61. The third kappa shape index (κ3) is 3.82. The van der Waals surface area contributed by atoms with Gasteiger partial charge in [0.05, 0.1) is 18.2 Å². The molecule has 1 amide bonds. The number of halogens is 1. The standard InChI is InChI=1S/C24H26BrNO3/c1-23(16-28-23)15-24(19-5-3-2-4-6-19)13-14-26(22(27)29-24)21(17-7-8-17)18-9-11-20(25)12-10-18/h2-6,9-12,17,21H,7-8,13-16H2,1H3. The smallest absolute Gasteiger partial charge is 0.411 e. The van der Waals surface area contributed by atoms with Crippen molar-refractivity contribution in [2.24, 2.45) is 5.92 Å². The maximum atomic E-state index is 13.4. The highest BCUT2D eigenvalue weighted by molar-refractivity contribution is 9.10. The molecule has 2 aromatic carbocycles. The normalized spacial score (nSPS) is 30.0. The zero-order valence-electron chi connectivity index (χ0n) is 16.6. The number of benzene rings is 2. The fourth-order valence-corrected chi connectivity index (χ4v) is 4.97. The van der Waals surface area contributed by atoms with E-state index in [-0.39, 0.29) is 17.7 Å². The number of ether oxygens (including phenoxy) is 2. The summed E-state index contributed by atoms with van der Waals surface area (Å²) in [4.78, 5) is 15.3. The van der Waals surface area contributed by atoms with Crippen LogP contribution >= 0.6 is 15.9 Å². The molecule has 0 aromatic heterocycles. The van der Waals surface area contributed by atoms with Crippen LogP contribution in [-0.2, 0) is 15.1 Å². The van der Waals surface area contributed by atoms with Crippen LogP contribution in [0.15, 0.2) is 59.1 Å². The van der Waals surface area contributed by atoms with Gasteiger partial charge in [0.15, 0.2) is 0 Å². The van der Waals surface area contributed by atoms with Crippen molar-refractivity contribution in [2.75, 3.05) is 13.2 Å². The second-order valence-corrected chi connectivity index (χ2v) is 9.84. The molecule has 3 unspecified atom stereocenters. The van der Waals surface area contributed by atoms with E-state index in [1.807, 2.05) is 23.1 Å². The van der Waals surface area contributed by atoms with E-state index >= 15 is 0 Å². The van der Waals surface area contributed by atoms with Gasteiger partial charge in [-0.3, -0.25) is 0 Å². The number of nitrogens with zero attached hydrogens (tertiary/aromatic N) is 1. The Morgan fingerprint density at radius 2 is 1.83 bits per heavy atom. The van der Waals surface area contributed by atoms with Gasteiger partial charge in [0.1, 0.15) is 5.60 Å². The number of epoxide rings is 1. The monoisotopic (exact) mass is 455 g/mol.